The van der Waals surface area contributed by atoms with E-state index in [1.807, 2.05) is 0 Å². The monoisotopic (exact) mass is 230 g/mol. The summed E-state index contributed by atoms with van der Waals surface area (Å²) < 4.78 is 34.4. The Morgan fingerprint density at radius 3 is 0.727 bits per heavy atom. The summed E-state index contributed by atoms with van der Waals surface area (Å²) in [5, 5.41) is 0. The van der Waals surface area contributed by atoms with Gasteiger partial charge >= 0.3 is 52.6 Å². The Hall–Kier alpha value is 0.619. The van der Waals surface area contributed by atoms with Crippen molar-refractivity contribution >= 4 is 23.1 Å². The average molecular weight is 230 g/mol. The van der Waals surface area contributed by atoms with Crippen LogP contribution in [0.4, 0.5) is 0 Å². The second kappa shape index (κ2) is 22.4. The van der Waals surface area contributed by atoms with Crippen LogP contribution in [0.2, 0.25) is 0 Å². The zero-order valence-electron chi connectivity index (χ0n) is 5.25. The molecule has 0 aromatic carbocycles. The molecule has 72 valence electrons. The van der Waals surface area contributed by atoms with Gasteiger partial charge in [0, 0.05) is 0 Å². The molecule has 10 N–H and O–H groups in total. The van der Waals surface area contributed by atoms with E-state index in [9.17, 15) is 0 Å². The molecule has 0 aromatic rings. The van der Waals surface area contributed by atoms with Crippen LogP contribution in [0.1, 0.15) is 0 Å². The fourth-order valence-corrected chi connectivity index (χ4v) is 0. The SMILES string of the molecule is O.O.O.O.O.[Mg+2].[O]=[Cr](=[O])([O-])[O-]. The first-order valence-corrected chi connectivity index (χ1v) is 2.75. The predicted molar refractivity (Wildman–Crippen MR) is 25.2 cm³/mol. The van der Waals surface area contributed by atoms with Crippen LogP contribution in [0, 0.1) is 0 Å². The molecule has 0 aliphatic rings. The van der Waals surface area contributed by atoms with Crippen molar-refractivity contribution in [1.29, 1.82) is 0 Å². The summed E-state index contributed by atoms with van der Waals surface area (Å²) in [4.78, 5) is 0. The number of hydrogen-bond donors (Lipinski definition) is 0. The first-order valence-electron chi connectivity index (χ1n) is 0.667. The van der Waals surface area contributed by atoms with E-state index in [0.717, 1.165) is 0 Å². The standard InChI is InChI=1S/Cr.Mg.5H2O.4O/h;;5*1H2;;;;/q;+2;;;;;;;;2*-1. The van der Waals surface area contributed by atoms with Gasteiger partial charge in [-0.3, -0.25) is 0 Å². The van der Waals surface area contributed by atoms with Crippen molar-refractivity contribution in [2.45, 2.75) is 0 Å². The minimum atomic E-state index is -5.75. The zero-order chi connectivity index (χ0) is 4.50. The maximum atomic E-state index is 8.59. The second-order valence-corrected chi connectivity index (χ2v) is 1.68. The van der Waals surface area contributed by atoms with E-state index in [1.54, 1.807) is 0 Å². The molecule has 0 saturated heterocycles. The van der Waals surface area contributed by atoms with Crippen molar-refractivity contribution in [2.75, 3.05) is 0 Å². The molecule has 0 spiro atoms. The van der Waals surface area contributed by atoms with E-state index < -0.39 is 13.6 Å². The van der Waals surface area contributed by atoms with Gasteiger partial charge in [-0.25, -0.2) is 0 Å². The molecule has 9 nitrogen and oxygen atoms in total. The maximum absolute atomic E-state index is 8.59. The summed E-state index contributed by atoms with van der Waals surface area (Å²) >= 11 is -5.75. The molecule has 0 rings (SSSR count). The normalized spacial score (nSPS) is 5.27. The van der Waals surface area contributed by atoms with Crippen LogP contribution in [0.3, 0.4) is 0 Å². The number of hydrogen-bond acceptors (Lipinski definition) is 4. The van der Waals surface area contributed by atoms with E-state index in [0.29, 0.717) is 0 Å². The van der Waals surface area contributed by atoms with Crippen molar-refractivity contribution in [1.82, 2.24) is 0 Å². The van der Waals surface area contributed by atoms with Gasteiger partial charge in [0.25, 0.3) is 0 Å². The van der Waals surface area contributed by atoms with Crippen LogP contribution >= 0.6 is 0 Å². The van der Waals surface area contributed by atoms with E-state index >= 15 is 0 Å². The molecule has 11 heteroatoms. The molecule has 0 aliphatic carbocycles. The molecule has 0 fully saturated rings. The van der Waals surface area contributed by atoms with Gasteiger partial charge in [-0.2, -0.15) is 0 Å². The Kier molecular flexibility index (Phi) is 125. The van der Waals surface area contributed by atoms with Crippen molar-refractivity contribution in [2.24, 2.45) is 0 Å². The van der Waals surface area contributed by atoms with Gasteiger partial charge in [-0.1, -0.05) is 0 Å². The van der Waals surface area contributed by atoms with E-state index in [1.165, 1.54) is 0 Å². The van der Waals surface area contributed by atoms with Crippen LogP contribution < -0.4 is 8.32 Å². The summed E-state index contributed by atoms with van der Waals surface area (Å²) in [5.41, 5.74) is 0. The first kappa shape index (κ1) is 61.4. The molecule has 0 unspecified atom stereocenters. The Bertz CT molecular complexity index is 92.7. The summed E-state index contributed by atoms with van der Waals surface area (Å²) in [7, 11) is 0. The fourth-order valence-electron chi connectivity index (χ4n) is 0. The fraction of sp³-hybridized carbons (Fsp3) is 0. The van der Waals surface area contributed by atoms with Crippen LogP contribution in [0.25, 0.3) is 0 Å². The van der Waals surface area contributed by atoms with Crippen LogP contribution in [-0.2, 0) is 21.2 Å². The van der Waals surface area contributed by atoms with Gasteiger partial charge in [0.1, 0.15) is 0 Å². The second-order valence-electron chi connectivity index (χ2n) is 0.408. The third kappa shape index (κ3) is 2060. The average Bonchev–Trinajstić information content (AvgIpc) is 0.722. The van der Waals surface area contributed by atoms with Crippen molar-refractivity contribution < 1.29 is 56.9 Å². The first-order chi connectivity index (χ1) is 2.00. The van der Waals surface area contributed by atoms with Crippen molar-refractivity contribution in [3.8, 4) is 0 Å². The van der Waals surface area contributed by atoms with Crippen LogP contribution in [-0.4, -0.2) is 50.4 Å². The quantitative estimate of drug-likeness (QED) is 0.368. The van der Waals surface area contributed by atoms with Gasteiger partial charge in [0.05, 0.1) is 0 Å². The molecule has 0 bridgehead atoms. The Labute approximate surface area is 80.1 Å². The van der Waals surface area contributed by atoms with Crippen molar-refractivity contribution in [3.05, 3.63) is 0 Å². The van der Waals surface area contributed by atoms with Crippen LogP contribution in [0.15, 0.2) is 0 Å². The molecule has 0 radical (unpaired) electrons. The topological polar surface area (TPSA) is 238 Å². The van der Waals surface area contributed by atoms with Gasteiger partial charge in [0.15, 0.2) is 0 Å². The summed E-state index contributed by atoms with van der Waals surface area (Å²) in [6.45, 7) is 0. The molecular weight excluding hydrogens is 220 g/mol. The summed E-state index contributed by atoms with van der Waals surface area (Å²) in [6, 6.07) is 0. The Balaban J connectivity index is -0.00000000533. The van der Waals surface area contributed by atoms with Crippen LogP contribution in [0.5, 0.6) is 0 Å². The third-order valence-corrected chi connectivity index (χ3v) is 0. The molecular formula is H10CrMgO9. The third-order valence-electron chi connectivity index (χ3n) is 0. The summed E-state index contributed by atoms with van der Waals surface area (Å²) in [6.07, 6.45) is 0. The predicted octanol–water partition coefficient (Wildman–Crippen LogP) is -7.12. The molecule has 11 heavy (non-hydrogen) atoms. The van der Waals surface area contributed by atoms with E-state index in [2.05, 4.69) is 0 Å². The van der Waals surface area contributed by atoms with Gasteiger partial charge < -0.3 is 27.4 Å². The molecule has 0 atom stereocenters. The molecule has 0 aliphatic heterocycles. The molecule has 0 saturated carbocycles. The van der Waals surface area contributed by atoms with Gasteiger partial charge in [-0.15, -0.1) is 0 Å². The number of rotatable bonds is 0. The summed E-state index contributed by atoms with van der Waals surface area (Å²) in [5.74, 6) is 0. The molecule has 0 amide bonds. The van der Waals surface area contributed by atoms with Gasteiger partial charge in [0.2, 0.25) is 0 Å². The van der Waals surface area contributed by atoms with E-state index in [-0.39, 0.29) is 50.4 Å². The molecule has 0 heterocycles. The molecule has 0 aromatic heterocycles. The van der Waals surface area contributed by atoms with E-state index in [4.69, 9.17) is 15.9 Å². The minimum absolute atomic E-state index is 0. The zero-order valence-corrected chi connectivity index (χ0v) is 7.94. The Morgan fingerprint density at radius 2 is 0.727 bits per heavy atom. The Morgan fingerprint density at radius 1 is 0.727 bits per heavy atom. The van der Waals surface area contributed by atoms with Crippen molar-refractivity contribution in [3.63, 3.8) is 0 Å². The van der Waals surface area contributed by atoms with Gasteiger partial charge in [-0.05, 0) is 0 Å².